The lowest BCUT2D eigenvalue weighted by molar-refractivity contribution is 1.07. The molecule has 0 saturated carbocycles. The fourth-order valence-electron chi connectivity index (χ4n) is 1.81. The predicted octanol–water partition coefficient (Wildman–Crippen LogP) is 2.52. The zero-order valence-corrected chi connectivity index (χ0v) is 9.45. The van der Waals surface area contributed by atoms with E-state index in [1.165, 1.54) is 0 Å². The van der Waals surface area contributed by atoms with E-state index in [2.05, 4.69) is 11.1 Å². The minimum absolute atomic E-state index is 0.543. The van der Waals surface area contributed by atoms with Gasteiger partial charge in [0.05, 0.1) is 5.69 Å². The molecule has 80 valence electrons. The quantitative estimate of drug-likeness (QED) is 0.733. The lowest BCUT2D eigenvalue weighted by atomic mass is 10.1. The van der Waals surface area contributed by atoms with Crippen LogP contribution in [0.3, 0.4) is 0 Å². The number of nitrogens with zero attached hydrogens (tertiary/aromatic N) is 2. The van der Waals surface area contributed by atoms with Crippen LogP contribution in [-0.2, 0) is 6.54 Å². The second-order valence-corrected chi connectivity index (χ2v) is 4.45. The van der Waals surface area contributed by atoms with E-state index >= 15 is 0 Å². The van der Waals surface area contributed by atoms with Gasteiger partial charge >= 0.3 is 0 Å². The zero-order valence-electron chi connectivity index (χ0n) is 8.63. The number of hydrogen-bond acceptors (Lipinski definition) is 3. The summed E-state index contributed by atoms with van der Waals surface area (Å²) in [7, 11) is 0. The van der Waals surface area contributed by atoms with Gasteiger partial charge in [0, 0.05) is 29.9 Å². The summed E-state index contributed by atoms with van der Waals surface area (Å²) in [6.07, 6.45) is 4.06. The molecule has 0 atom stereocenters. The molecule has 0 saturated heterocycles. The minimum Gasteiger partial charge on any atom is -0.326 e. The number of hydrogen-bond donors (Lipinski definition) is 1. The maximum absolute atomic E-state index is 5.73. The number of fused-ring (bicyclic) bond motifs is 1. The van der Waals surface area contributed by atoms with E-state index in [0.717, 1.165) is 21.8 Å². The Labute approximate surface area is 97.2 Å². The lowest BCUT2D eigenvalue weighted by Gasteiger charge is -2.03. The summed E-state index contributed by atoms with van der Waals surface area (Å²) in [4.78, 5) is 5.59. The van der Waals surface area contributed by atoms with Crippen molar-refractivity contribution >= 4 is 16.3 Å². The number of benzene rings is 1. The highest BCUT2D eigenvalue weighted by atomic mass is 32.1. The molecule has 3 rings (SSSR count). The van der Waals surface area contributed by atoms with Crippen LogP contribution in [0.15, 0.2) is 42.0 Å². The van der Waals surface area contributed by atoms with Crippen molar-refractivity contribution in [2.75, 3.05) is 0 Å². The van der Waals surface area contributed by atoms with Gasteiger partial charge in [0.1, 0.15) is 0 Å². The fourth-order valence-corrected chi connectivity index (χ4v) is 2.51. The van der Waals surface area contributed by atoms with Crippen molar-refractivity contribution in [1.82, 2.24) is 9.38 Å². The van der Waals surface area contributed by atoms with Gasteiger partial charge in [-0.1, -0.05) is 24.3 Å². The standard InChI is InChI=1S/C12H11N3S/c13-7-9-3-1-2-4-10(9)11-8-15-5-6-16-12(15)14-11/h1-6,8H,7,13H2. The van der Waals surface area contributed by atoms with Gasteiger partial charge < -0.3 is 5.73 Å². The Morgan fingerprint density at radius 3 is 3.00 bits per heavy atom. The average molecular weight is 229 g/mol. The molecule has 4 heteroatoms. The van der Waals surface area contributed by atoms with E-state index in [9.17, 15) is 0 Å². The number of imidazole rings is 1. The van der Waals surface area contributed by atoms with Crippen LogP contribution in [0.5, 0.6) is 0 Å². The molecule has 0 unspecified atom stereocenters. The lowest BCUT2D eigenvalue weighted by Crippen LogP contribution is -1.98. The first-order valence-electron chi connectivity index (χ1n) is 5.09. The van der Waals surface area contributed by atoms with E-state index < -0.39 is 0 Å². The second-order valence-electron chi connectivity index (χ2n) is 3.58. The number of rotatable bonds is 2. The monoisotopic (exact) mass is 229 g/mol. The molecule has 2 heterocycles. The Morgan fingerprint density at radius 2 is 2.19 bits per heavy atom. The largest absolute Gasteiger partial charge is 0.326 e. The molecule has 16 heavy (non-hydrogen) atoms. The third-order valence-electron chi connectivity index (χ3n) is 2.61. The Balaban J connectivity index is 2.18. The Kier molecular flexibility index (Phi) is 2.23. The minimum atomic E-state index is 0.543. The summed E-state index contributed by atoms with van der Waals surface area (Å²) in [6.45, 7) is 0.543. The highest BCUT2D eigenvalue weighted by molar-refractivity contribution is 7.15. The first-order valence-corrected chi connectivity index (χ1v) is 5.97. The molecule has 0 bridgehead atoms. The van der Waals surface area contributed by atoms with Crippen molar-refractivity contribution in [3.05, 3.63) is 47.6 Å². The van der Waals surface area contributed by atoms with Crippen LogP contribution >= 0.6 is 11.3 Å². The summed E-state index contributed by atoms with van der Waals surface area (Å²) in [5.41, 5.74) is 8.98. The zero-order chi connectivity index (χ0) is 11.0. The summed E-state index contributed by atoms with van der Waals surface area (Å²) >= 11 is 1.64. The molecular formula is C12H11N3S. The summed E-state index contributed by atoms with van der Waals surface area (Å²) in [6, 6.07) is 8.13. The first-order chi connectivity index (χ1) is 7.88. The maximum Gasteiger partial charge on any atom is 0.194 e. The van der Waals surface area contributed by atoms with Crippen LogP contribution in [0.1, 0.15) is 5.56 Å². The van der Waals surface area contributed by atoms with Crippen molar-refractivity contribution in [3.8, 4) is 11.3 Å². The van der Waals surface area contributed by atoms with Gasteiger partial charge in [0.2, 0.25) is 0 Å². The van der Waals surface area contributed by atoms with Crippen LogP contribution in [-0.4, -0.2) is 9.38 Å². The van der Waals surface area contributed by atoms with Crippen molar-refractivity contribution in [1.29, 1.82) is 0 Å². The molecule has 3 nitrogen and oxygen atoms in total. The van der Waals surface area contributed by atoms with E-state index in [1.54, 1.807) is 11.3 Å². The Hall–Kier alpha value is -1.65. The van der Waals surface area contributed by atoms with Gasteiger partial charge in [0.15, 0.2) is 4.96 Å². The van der Waals surface area contributed by atoms with Gasteiger partial charge in [-0.3, -0.25) is 4.40 Å². The molecule has 1 aromatic carbocycles. The molecule has 0 amide bonds. The van der Waals surface area contributed by atoms with Crippen LogP contribution in [0.25, 0.3) is 16.2 Å². The summed E-state index contributed by atoms with van der Waals surface area (Å²) in [5, 5.41) is 2.03. The smallest absolute Gasteiger partial charge is 0.194 e. The van der Waals surface area contributed by atoms with Crippen molar-refractivity contribution in [2.45, 2.75) is 6.54 Å². The molecule has 0 aliphatic carbocycles. The van der Waals surface area contributed by atoms with Gasteiger partial charge in [0.25, 0.3) is 0 Å². The van der Waals surface area contributed by atoms with E-state index in [0.29, 0.717) is 6.54 Å². The SMILES string of the molecule is NCc1ccccc1-c1cn2ccsc2n1. The molecule has 0 radical (unpaired) electrons. The highest BCUT2D eigenvalue weighted by Gasteiger charge is 2.07. The number of thiazole rings is 1. The Bertz CT molecular complexity index is 595. The molecular weight excluding hydrogens is 218 g/mol. The fraction of sp³-hybridized carbons (Fsp3) is 0.0833. The third-order valence-corrected chi connectivity index (χ3v) is 3.38. The third kappa shape index (κ3) is 1.43. The molecule has 2 N–H and O–H groups in total. The molecule has 3 aromatic rings. The molecule has 0 fully saturated rings. The van der Waals surface area contributed by atoms with Gasteiger partial charge in [-0.2, -0.15) is 0 Å². The van der Waals surface area contributed by atoms with Crippen molar-refractivity contribution in [2.24, 2.45) is 5.73 Å². The van der Waals surface area contributed by atoms with Crippen LogP contribution < -0.4 is 5.73 Å². The number of nitrogens with two attached hydrogens (primary N) is 1. The van der Waals surface area contributed by atoms with Crippen molar-refractivity contribution in [3.63, 3.8) is 0 Å². The van der Waals surface area contributed by atoms with Crippen LogP contribution in [0.4, 0.5) is 0 Å². The molecule has 2 aromatic heterocycles. The van der Waals surface area contributed by atoms with E-state index in [4.69, 9.17) is 5.73 Å². The van der Waals surface area contributed by atoms with Gasteiger partial charge in [-0.05, 0) is 5.56 Å². The maximum atomic E-state index is 5.73. The molecule has 0 spiro atoms. The summed E-state index contributed by atoms with van der Waals surface area (Å²) < 4.78 is 2.04. The second kappa shape index (κ2) is 3.73. The normalized spacial score (nSPS) is 11.1. The highest BCUT2D eigenvalue weighted by Crippen LogP contribution is 2.24. The van der Waals surface area contributed by atoms with Gasteiger partial charge in [-0.25, -0.2) is 4.98 Å². The predicted molar refractivity (Wildman–Crippen MR) is 66.4 cm³/mol. The van der Waals surface area contributed by atoms with E-state index in [1.807, 2.05) is 40.4 Å². The van der Waals surface area contributed by atoms with Crippen LogP contribution in [0, 0.1) is 0 Å². The average Bonchev–Trinajstić information content (AvgIpc) is 2.89. The van der Waals surface area contributed by atoms with Crippen molar-refractivity contribution < 1.29 is 0 Å². The first kappa shape index (κ1) is 9.57. The molecule has 0 aliphatic heterocycles. The molecule has 0 aliphatic rings. The van der Waals surface area contributed by atoms with Gasteiger partial charge in [-0.15, -0.1) is 11.3 Å². The van der Waals surface area contributed by atoms with E-state index in [-0.39, 0.29) is 0 Å². The topological polar surface area (TPSA) is 43.3 Å². The Morgan fingerprint density at radius 1 is 1.31 bits per heavy atom. The van der Waals surface area contributed by atoms with Crippen LogP contribution in [0.2, 0.25) is 0 Å². The summed E-state index contributed by atoms with van der Waals surface area (Å²) in [5.74, 6) is 0. The number of aromatic nitrogens is 2.